The van der Waals surface area contributed by atoms with Gasteiger partial charge in [0.2, 0.25) is 11.7 Å². The number of anilines is 2. The highest BCUT2D eigenvalue weighted by Gasteiger charge is 2.20. The SMILES string of the molecule is COc1cc(/C=C(/NC(=O)c2ccccc2)C(=O)Nc2cccc(SC(C)C(=O)Nc3nc(-c4ccc(C)cc4)c(C)s3)c2)cc(OC)c1OC. The number of hydrogen-bond donors (Lipinski definition) is 3. The van der Waals surface area contributed by atoms with Crippen LogP contribution in [0.1, 0.15) is 33.3 Å². The summed E-state index contributed by atoms with van der Waals surface area (Å²) in [7, 11) is 4.49. The van der Waals surface area contributed by atoms with Crippen molar-refractivity contribution < 1.29 is 28.6 Å². The van der Waals surface area contributed by atoms with Crippen LogP contribution in [0.4, 0.5) is 10.8 Å². The number of aromatic nitrogens is 1. The van der Waals surface area contributed by atoms with Gasteiger partial charge in [0.05, 0.1) is 32.3 Å². The molecule has 51 heavy (non-hydrogen) atoms. The minimum Gasteiger partial charge on any atom is -0.493 e. The Kier molecular flexibility index (Phi) is 12.1. The normalized spacial score (nSPS) is 11.7. The second kappa shape index (κ2) is 16.9. The number of carbonyl (C=O) groups excluding carboxylic acids is 3. The average Bonchev–Trinajstić information content (AvgIpc) is 3.50. The maximum absolute atomic E-state index is 13.8. The zero-order valence-electron chi connectivity index (χ0n) is 29.0. The first kappa shape index (κ1) is 36.7. The van der Waals surface area contributed by atoms with E-state index in [1.807, 2.05) is 51.1 Å². The molecule has 0 aliphatic heterocycles. The summed E-state index contributed by atoms with van der Waals surface area (Å²) in [5.41, 5.74) is 4.36. The van der Waals surface area contributed by atoms with Crippen molar-refractivity contribution in [2.45, 2.75) is 30.9 Å². The lowest BCUT2D eigenvalue weighted by molar-refractivity contribution is -0.115. The van der Waals surface area contributed by atoms with E-state index in [0.717, 1.165) is 26.6 Å². The fraction of sp³-hybridized carbons (Fsp3) is 0.179. The number of rotatable bonds is 13. The van der Waals surface area contributed by atoms with Crippen molar-refractivity contribution in [2.75, 3.05) is 32.0 Å². The molecule has 0 aliphatic carbocycles. The number of aryl methyl sites for hydroxylation is 2. The zero-order chi connectivity index (χ0) is 36.5. The molecule has 10 nitrogen and oxygen atoms in total. The Morgan fingerprint density at radius 3 is 2.16 bits per heavy atom. The molecule has 5 aromatic rings. The Balaban J connectivity index is 1.32. The molecule has 1 atom stereocenters. The molecule has 3 amide bonds. The Labute approximate surface area is 305 Å². The van der Waals surface area contributed by atoms with Gasteiger partial charge >= 0.3 is 0 Å². The summed E-state index contributed by atoms with van der Waals surface area (Å²) in [6.07, 6.45) is 1.52. The second-order valence-electron chi connectivity index (χ2n) is 11.4. The van der Waals surface area contributed by atoms with Gasteiger partial charge in [-0.05, 0) is 74.9 Å². The monoisotopic (exact) mass is 722 g/mol. The van der Waals surface area contributed by atoms with Gasteiger partial charge in [-0.3, -0.25) is 14.4 Å². The number of nitrogens with zero attached hydrogens (tertiary/aromatic N) is 1. The lowest BCUT2D eigenvalue weighted by Gasteiger charge is -2.15. The molecule has 0 spiro atoms. The minimum absolute atomic E-state index is 0.0207. The van der Waals surface area contributed by atoms with Gasteiger partial charge < -0.3 is 30.2 Å². The van der Waals surface area contributed by atoms with Crippen LogP contribution in [0.5, 0.6) is 17.2 Å². The van der Waals surface area contributed by atoms with Crippen molar-refractivity contribution >= 4 is 57.7 Å². The number of methoxy groups -OCH3 is 3. The maximum atomic E-state index is 13.8. The lowest BCUT2D eigenvalue weighted by atomic mass is 10.1. The zero-order valence-corrected chi connectivity index (χ0v) is 30.7. The van der Waals surface area contributed by atoms with Crippen LogP contribution in [0.25, 0.3) is 17.3 Å². The number of benzene rings is 4. The highest BCUT2D eigenvalue weighted by atomic mass is 32.2. The molecule has 0 saturated carbocycles. The molecule has 0 bridgehead atoms. The fourth-order valence-corrected chi connectivity index (χ4v) is 6.80. The number of nitrogens with one attached hydrogen (secondary N) is 3. The molecule has 0 aliphatic rings. The Hall–Kier alpha value is -5.59. The Morgan fingerprint density at radius 1 is 0.824 bits per heavy atom. The number of carbonyl (C=O) groups is 3. The van der Waals surface area contributed by atoms with Crippen molar-refractivity contribution in [1.82, 2.24) is 10.3 Å². The van der Waals surface area contributed by atoms with Crippen LogP contribution in [0.2, 0.25) is 0 Å². The summed E-state index contributed by atoms with van der Waals surface area (Å²) in [5.74, 6) is -0.0616. The third-order valence-corrected chi connectivity index (χ3v) is 9.63. The minimum atomic E-state index is -0.565. The Bertz CT molecular complexity index is 2040. The quantitative estimate of drug-likeness (QED) is 0.0825. The summed E-state index contributed by atoms with van der Waals surface area (Å²) in [6, 6.07) is 27.2. The van der Waals surface area contributed by atoms with E-state index in [4.69, 9.17) is 14.2 Å². The smallest absolute Gasteiger partial charge is 0.272 e. The third kappa shape index (κ3) is 9.35. The van der Waals surface area contributed by atoms with E-state index in [0.29, 0.717) is 39.2 Å². The molecule has 0 fully saturated rings. The van der Waals surface area contributed by atoms with Crippen molar-refractivity contribution in [2.24, 2.45) is 0 Å². The van der Waals surface area contributed by atoms with Crippen molar-refractivity contribution in [3.05, 3.63) is 118 Å². The summed E-state index contributed by atoms with van der Waals surface area (Å²) < 4.78 is 16.4. The van der Waals surface area contributed by atoms with Gasteiger partial charge in [-0.25, -0.2) is 4.98 Å². The van der Waals surface area contributed by atoms with E-state index in [2.05, 4.69) is 20.9 Å². The van der Waals surface area contributed by atoms with E-state index in [9.17, 15) is 14.4 Å². The van der Waals surface area contributed by atoms with Crippen molar-refractivity contribution in [3.63, 3.8) is 0 Å². The predicted molar refractivity (Wildman–Crippen MR) is 204 cm³/mol. The first-order valence-electron chi connectivity index (χ1n) is 15.9. The lowest BCUT2D eigenvalue weighted by Crippen LogP contribution is -2.30. The first-order chi connectivity index (χ1) is 24.6. The summed E-state index contributed by atoms with van der Waals surface area (Å²) >= 11 is 2.77. The van der Waals surface area contributed by atoms with E-state index in [1.165, 1.54) is 50.5 Å². The molecule has 12 heteroatoms. The molecule has 1 unspecified atom stereocenters. The van der Waals surface area contributed by atoms with Gasteiger partial charge in [-0.1, -0.05) is 54.1 Å². The van der Waals surface area contributed by atoms with Crippen LogP contribution in [0.3, 0.4) is 0 Å². The van der Waals surface area contributed by atoms with Crippen LogP contribution < -0.4 is 30.2 Å². The number of hydrogen-bond acceptors (Lipinski definition) is 9. The number of thiazole rings is 1. The van der Waals surface area contributed by atoms with Gasteiger partial charge in [0.1, 0.15) is 5.70 Å². The van der Waals surface area contributed by atoms with Crippen LogP contribution in [0.15, 0.2) is 102 Å². The molecule has 4 aromatic carbocycles. The predicted octanol–water partition coefficient (Wildman–Crippen LogP) is 7.98. The first-order valence-corrected chi connectivity index (χ1v) is 17.6. The largest absolute Gasteiger partial charge is 0.493 e. The van der Waals surface area contributed by atoms with E-state index in [-0.39, 0.29) is 11.6 Å². The highest BCUT2D eigenvalue weighted by Crippen LogP contribution is 2.39. The maximum Gasteiger partial charge on any atom is 0.272 e. The van der Waals surface area contributed by atoms with E-state index in [1.54, 1.807) is 60.7 Å². The number of amides is 3. The van der Waals surface area contributed by atoms with Gasteiger partial charge in [0.15, 0.2) is 16.6 Å². The molecule has 262 valence electrons. The van der Waals surface area contributed by atoms with Crippen LogP contribution >= 0.6 is 23.1 Å². The van der Waals surface area contributed by atoms with Gasteiger partial charge in [0, 0.05) is 26.6 Å². The van der Waals surface area contributed by atoms with Gasteiger partial charge in [-0.2, -0.15) is 0 Å². The molecular formula is C39H38N4O6S2. The fourth-order valence-electron chi connectivity index (χ4n) is 5.03. The van der Waals surface area contributed by atoms with Gasteiger partial charge in [0.25, 0.3) is 11.8 Å². The van der Waals surface area contributed by atoms with Crippen LogP contribution in [0, 0.1) is 13.8 Å². The van der Waals surface area contributed by atoms with Crippen LogP contribution in [-0.2, 0) is 9.59 Å². The summed E-state index contributed by atoms with van der Waals surface area (Å²) in [5, 5.41) is 8.63. The molecule has 3 N–H and O–H groups in total. The van der Waals surface area contributed by atoms with Gasteiger partial charge in [-0.15, -0.1) is 23.1 Å². The third-order valence-electron chi connectivity index (χ3n) is 7.65. The molecule has 0 radical (unpaired) electrons. The Morgan fingerprint density at radius 2 is 1.51 bits per heavy atom. The molecular weight excluding hydrogens is 685 g/mol. The summed E-state index contributed by atoms with van der Waals surface area (Å²) in [4.78, 5) is 46.6. The van der Waals surface area contributed by atoms with E-state index >= 15 is 0 Å². The highest BCUT2D eigenvalue weighted by molar-refractivity contribution is 8.00. The number of ether oxygens (including phenoxy) is 3. The van der Waals surface area contributed by atoms with Crippen molar-refractivity contribution in [3.8, 4) is 28.5 Å². The molecule has 0 saturated heterocycles. The summed E-state index contributed by atoms with van der Waals surface area (Å²) in [6.45, 7) is 5.83. The molecule has 5 rings (SSSR count). The topological polar surface area (TPSA) is 128 Å². The average molecular weight is 723 g/mol. The molecule has 1 aromatic heterocycles. The van der Waals surface area contributed by atoms with Crippen molar-refractivity contribution in [1.29, 1.82) is 0 Å². The molecule has 1 heterocycles. The number of thioether (sulfide) groups is 1. The standard InChI is InChI=1S/C39H38N4O6S2/c1-23-15-17-27(18-16-23)34-24(2)51-39(42-34)43-36(44)25(3)50-30-14-10-13-29(22-30)40-38(46)31(41-37(45)28-11-8-7-9-12-28)19-26-20-32(47-4)35(49-6)33(21-26)48-5/h7-22,25H,1-6H3,(H,40,46)(H,41,45)(H,42,43,44)/b31-19+. The second-order valence-corrected chi connectivity index (χ2v) is 14.0. The van der Waals surface area contributed by atoms with E-state index < -0.39 is 17.1 Å². The van der Waals surface area contributed by atoms with Crippen LogP contribution in [-0.4, -0.2) is 49.3 Å².